The molecule has 16 heavy (non-hydrogen) atoms. The van der Waals surface area contributed by atoms with Gasteiger partial charge in [0.1, 0.15) is 0 Å². The second kappa shape index (κ2) is 6.06. The summed E-state index contributed by atoms with van der Waals surface area (Å²) in [5.41, 5.74) is 5.50. The second-order valence-electron chi connectivity index (χ2n) is 3.43. The molecule has 0 bridgehead atoms. The van der Waals surface area contributed by atoms with Crippen LogP contribution < -0.4 is 11.1 Å². The summed E-state index contributed by atoms with van der Waals surface area (Å²) >= 11 is 0. The van der Waals surface area contributed by atoms with Gasteiger partial charge < -0.3 is 20.8 Å². The van der Waals surface area contributed by atoms with Crippen molar-refractivity contribution in [3.05, 3.63) is 11.7 Å². The fraction of sp³-hybridized carbons (Fsp3) is 0.667. The number of amidine groups is 1. The lowest BCUT2D eigenvalue weighted by Crippen LogP contribution is -2.41. The fourth-order valence-electron chi connectivity index (χ4n) is 1.32. The smallest absolute Gasteiger partial charge is 0.227 e. The second-order valence-corrected chi connectivity index (χ2v) is 3.43. The van der Waals surface area contributed by atoms with Crippen molar-refractivity contribution in [1.82, 2.24) is 15.5 Å². The van der Waals surface area contributed by atoms with Crippen molar-refractivity contribution in [1.29, 1.82) is 0 Å². The minimum Gasteiger partial charge on any atom is -0.409 e. The van der Waals surface area contributed by atoms with E-state index in [0.29, 0.717) is 24.7 Å². The Morgan fingerprint density at radius 3 is 2.94 bits per heavy atom. The number of nitrogens with two attached hydrogens (primary N) is 1. The molecule has 1 aromatic heterocycles. The first-order chi connectivity index (χ1) is 7.67. The van der Waals surface area contributed by atoms with E-state index in [4.69, 9.17) is 15.5 Å². The summed E-state index contributed by atoms with van der Waals surface area (Å²) in [4.78, 5) is 4.07. The molecule has 0 aromatic carbocycles. The molecule has 0 aliphatic rings. The first kappa shape index (κ1) is 12.4. The molecule has 0 aliphatic heterocycles. The lowest BCUT2D eigenvalue weighted by Gasteiger charge is -2.13. The Kier molecular flexibility index (Phi) is 4.71. The zero-order chi connectivity index (χ0) is 12.0. The van der Waals surface area contributed by atoms with Crippen LogP contribution in [0.25, 0.3) is 0 Å². The van der Waals surface area contributed by atoms with Crippen molar-refractivity contribution in [3.63, 3.8) is 0 Å². The Morgan fingerprint density at radius 1 is 1.69 bits per heavy atom. The zero-order valence-corrected chi connectivity index (χ0v) is 9.47. The summed E-state index contributed by atoms with van der Waals surface area (Å²) in [6.07, 6.45) is 1.37. The minimum atomic E-state index is -0.131. The predicted molar refractivity (Wildman–Crippen MR) is 58.2 cm³/mol. The summed E-state index contributed by atoms with van der Waals surface area (Å²) in [6, 6.07) is -0.131. The van der Waals surface area contributed by atoms with Crippen LogP contribution in [-0.4, -0.2) is 33.8 Å². The van der Waals surface area contributed by atoms with Gasteiger partial charge in [-0.25, -0.2) is 0 Å². The molecular formula is C9H17N5O2. The van der Waals surface area contributed by atoms with Gasteiger partial charge in [-0.3, -0.25) is 0 Å². The van der Waals surface area contributed by atoms with E-state index in [1.54, 1.807) is 6.92 Å². The molecule has 1 atom stereocenters. The molecule has 1 aromatic rings. The summed E-state index contributed by atoms with van der Waals surface area (Å²) in [5.74, 6) is 1.39. The highest BCUT2D eigenvalue weighted by atomic mass is 16.5. The number of hydrogen-bond acceptors (Lipinski definition) is 6. The van der Waals surface area contributed by atoms with Gasteiger partial charge >= 0.3 is 0 Å². The van der Waals surface area contributed by atoms with Crippen molar-refractivity contribution in [3.8, 4) is 0 Å². The number of hydrogen-bond donors (Lipinski definition) is 3. The van der Waals surface area contributed by atoms with Crippen LogP contribution in [0.15, 0.2) is 9.68 Å². The topological polar surface area (TPSA) is 110 Å². The Balaban J connectivity index is 2.34. The van der Waals surface area contributed by atoms with E-state index in [-0.39, 0.29) is 11.9 Å². The van der Waals surface area contributed by atoms with Gasteiger partial charge in [-0.05, 0) is 13.3 Å². The molecule has 0 aliphatic carbocycles. The van der Waals surface area contributed by atoms with E-state index in [1.165, 1.54) is 0 Å². The third-order valence-corrected chi connectivity index (χ3v) is 2.18. The molecule has 7 heteroatoms. The summed E-state index contributed by atoms with van der Waals surface area (Å²) in [6.45, 7) is 4.36. The monoisotopic (exact) mass is 227 g/mol. The lowest BCUT2D eigenvalue weighted by molar-refractivity contribution is 0.314. The lowest BCUT2D eigenvalue weighted by atomic mass is 10.2. The van der Waals surface area contributed by atoms with Crippen LogP contribution >= 0.6 is 0 Å². The molecule has 1 heterocycles. The van der Waals surface area contributed by atoms with Crippen LogP contribution in [0.3, 0.4) is 0 Å². The molecule has 1 unspecified atom stereocenters. The molecule has 0 saturated heterocycles. The van der Waals surface area contributed by atoms with Gasteiger partial charge in [0.15, 0.2) is 11.7 Å². The quantitative estimate of drug-likeness (QED) is 0.274. The highest BCUT2D eigenvalue weighted by Crippen LogP contribution is 1.97. The molecule has 1 rings (SSSR count). The van der Waals surface area contributed by atoms with E-state index in [1.807, 2.05) is 6.92 Å². The molecule has 4 N–H and O–H groups in total. The zero-order valence-electron chi connectivity index (χ0n) is 9.47. The number of nitrogens with zero attached hydrogens (tertiary/aromatic N) is 3. The van der Waals surface area contributed by atoms with Gasteiger partial charge in [0.25, 0.3) is 0 Å². The highest BCUT2D eigenvalue weighted by Gasteiger charge is 2.11. The van der Waals surface area contributed by atoms with Crippen LogP contribution in [0.4, 0.5) is 0 Å². The van der Waals surface area contributed by atoms with Crippen molar-refractivity contribution in [2.45, 2.75) is 32.7 Å². The summed E-state index contributed by atoms with van der Waals surface area (Å²) in [7, 11) is 0. The van der Waals surface area contributed by atoms with Crippen molar-refractivity contribution < 1.29 is 9.73 Å². The van der Waals surface area contributed by atoms with Crippen LogP contribution in [-0.2, 0) is 6.42 Å². The average Bonchev–Trinajstić information content (AvgIpc) is 2.69. The Labute approximate surface area is 93.7 Å². The normalized spacial score (nSPS) is 14.0. The molecule has 0 spiro atoms. The van der Waals surface area contributed by atoms with Gasteiger partial charge in [-0.1, -0.05) is 17.2 Å². The first-order valence-electron chi connectivity index (χ1n) is 5.17. The maximum Gasteiger partial charge on any atom is 0.227 e. The van der Waals surface area contributed by atoms with Crippen LogP contribution in [0.2, 0.25) is 0 Å². The highest BCUT2D eigenvalue weighted by molar-refractivity contribution is 5.85. The van der Waals surface area contributed by atoms with Crippen LogP contribution in [0.5, 0.6) is 0 Å². The van der Waals surface area contributed by atoms with Crippen molar-refractivity contribution >= 4 is 5.84 Å². The van der Waals surface area contributed by atoms with Crippen LogP contribution in [0.1, 0.15) is 25.1 Å². The van der Waals surface area contributed by atoms with E-state index in [9.17, 15) is 0 Å². The Bertz CT molecular complexity index is 349. The number of nitrogens with one attached hydrogen (secondary N) is 1. The fourth-order valence-corrected chi connectivity index (χ4v) is 1.32. The molecule has 7 nitrogen and oxygen atoms in total. The number of oxime groups is 1. The molecular weight excluding hydrogens is 210 g/mol. The summed E-state index contributed by atoms with van der Waals surface area (Å²) in [5, 5.41) is 18.3. The molecule has 0 fully saturated rings. The molecule has 90 valence electrons. The molecule has 0 saturated carbocycles. The minimum absolute atomic E-state index is 0.131. The van der Waals surface area contributed by atoms with Gasteiger partial charge in [0, 0.05) is 13.0 Å². The van der Waals surface area contributed by atoms with Gasteiger partial charge in [-0.15, -0.1) is 0 Å². The molecule has 0 radical (unpaired) electrons. The van der Waals surface area contributed by atoms with E-state index in [0.717, 1.165) is 6.42 Å². The van der Waals surface area contributed by atoms with Gasteiger partial charge in [-0.2, -0.15) is 4.98 Å². The third kappa shape index (κ3) is 3.50. The van der Waals surface area contributed by atoms with E-state index < -0.39 is 0 Å². The Hall–Kier alpha value is -1.63. The number of rotatable bonds is 6. The number of aromatic nitrogens is 2. The Morgan fingerprint density at radius 2 is 2.44 bits per heavy atom. The van der Waals surface area contributed by atoms with Gasteiger partial charge in [0.2, 0.25) is 5.89 Å². The van der Waals surface area contributed by atoms with Crippen molar-refractivity contribution in [2.75, 3.05) is 6.54 Å². The van der Waals surface area contributed by atoms with Crippen molar-refractivity contribution in [2.24, 2.45) is 10.9 Å². The SMILES string of the molecule is CCC(NCCc1nc(C)no1)C(N)=NO. The summed E-state index contributed by atoms with van der Waals surface area (Å²) < 4.78 is 4.95. The predicted octanol–water partition coefficient (Wildman–Crippen LogP) is 0.0351. The largest absolute Gasteiger partial charge is 0.409 e. The van der Waals surface area contributed by atoms with E-state index in [2.05, 4.69) is 20.6 Å². The average molecular weight is 227 g/mol. The maximum atomic E-state index is 8.54. The standard InChI is InChI=1S/C9H17N5O2/c1-3-7(9(10)13-15)11-5-4-8-12-6(2)14-16-8/h7,11,15H,3-5H2,1-2H3,(H2,10,13). The van der Waals surface area contributed by atoms with Gasteiger partial charge in [0.05, 0.1) is 6.04 Å². The maximum absolute atomic E-state index is 8.54. The first-order valence-corrected chi connectivity index (χ1v) is 5.17. The van der Waals surface area contributed by atoms with E-state index >= 15 is 0 Å². The molecule has 0 amide bonds. The van der Waals surface area contributed by atoms with Crippen LogP contribution in [0, 0.1) is 6.92 Å². The third-order valence-electron chi connectivity index (χ3n) is 2.18. The number of aryl methyl sites for hydroxylation is 1.